The maximum Gasteiger partial charge on any atom is 0.336 e. The number of anilines is 2. The van der Waals surface area contributed by atoms with Gasteiger partial charge in [-0.1, -0.05) is 13.8 Å². The van der Waals surface area contributed by atoms with Crippen molar-refractivity contribution < 1.29 is 17.6 Å². The molecule has 3 aromatic rings. The van der Waals surface area contributed by atoms with Crippen LogP contribution in [0.5, 0.6) is 0 Å². The van der Waals surface area contributed by atoms with E-state index in [9.17, 15) is 18.0 Å². The molecule has 0 atom stereocenters. The second-order valence-electron chi connectivity index (χ2n) is 6.28. The second kappa shape index (κ2) is 7.24. The molecule has 0 spiro atoms. The van der Waals surface area contributed by atoms with Gasteiger partial charge < -0.3 is 9.73 Å². The number of fused-ring (bicyclic) bond motifs is 1. The van der Waals surface area contributed by atoms with Gasteiger partial charge in [0.25, 0.3) is 10.0 Å². The van der Waals surface area contributed by atoms with Gasteiger partial charge in [-0.2, -0.15) is 0 Å². The van der Waals surface area contributed by atoms with E-state index in [0.29, 0.717) is 22.3 Å². The zero-order valence-corrected chi connectivity index (χ0v) is 15.5. The molecule has 0 aliphatic rings. The Morgan fingerprint density at radius 2 is 1.63 bits per heavy atom. The zero-order valence-electron chi connectivity index (χ0n) is 14.7. The zero-order chi connectivity index (χ0) is 19.6. The summed E-state index contributed by atoms with van der Waals surface area (Å²) in [5, 5.41) is 3.24. The Bertz CT molecular complexity index is 1150. The van der Waals surface area contributed by atoms with Gasteiger partial charge in [0.05, 0.1) is 4.90 Å². The van der Waals surface area contributed by atoms with Gasteiger partial charge in [-0.3, -0.25) is 9.52 Å². The standard InChI is InChI=1S/C19H18N2O5S/c1-12(2)19(23)20-14-4-6-15(7-5-14)21-27(24,25)16-8-9-17-13(11-16)3-10-18(22)26-17/h3-12,21H,1-2H3,(H,20,23). The molecule has 0 radical (unpaired) electrons. The lowest BCUT2D eigenvalue weighted by Crippen LogP contribution is -2.17. The summed E-state index contributed by atoms with van der Waals surface area (Å²) < 4.78 is 32.7. The first-order valence-electron chi connectivity index (χ1n) is 8.22. The molecular weight excluding hydrogens is 368 g/mol. The van der Waals surface area contributed by atoms with Crippen LogP contribution in [-0.2, 0) is 14.8 Å². The van der Waals surface area contributed by atoms with E-state index in [-0.39, 0.29) is 16.7 Å². The van der Waals surface area contributed by atoms with E-state index in [1.165, 1.54) is 30.3 Å². The van der Waals surface area contributed by atoms with Crippen LogP contribution in [-0.4, -0.2) is 14.3 Å². The molecule has 1 aromatic heterocycles. The topological polar surface area (TPSA) is 105 Å². The Kier molecular flexibility index (Phi) is 5.00. The van der Waals surface area contributed by atoms with Crippen molar-refractivity contribution >= 4 is 38.3 Å². The summed E-state index contributed by atoms with van der Waals surface area (Å²) in [5.74, 6) is -0.272. The van der Waals surface area contributed by atoms with E-state index in [4.69, 9.17) is 4.42 Å². The Morgan fingerprint density at radius 3 is 2.30 bits per heavy atom. The number of benzene rings is 2. The Labute approximate surface area is 156 Å². The van der Waals surface area contributed by atoms with Gasteiger partial charge in [0.15, 0.2) is 0 Å². The maximum atomic E-state index is 12.6. The lowest BCUT2D eigenvalue weighted by atomic mass is 10.2. The summed E-state index contributed by atoms with van der Waals surface area (Å²) in [5.41, 5.74) is 0.752. The molecule has 140 valence electrons. The maximum absolute atomic E-state index is 12.6. The summed E-state index contributed by atoms with van der Waals surface area (Å²) in [4.78, 5) is 22.9. The molecule has 2 N–H and O–H groups in total. The third-order valence-corrected chi connectivity index (χ3v) is 5.21. The molecule has 0 aliphatic heterocycles. The fraction of sp³-hybridized carbons (Fsp3) is 0.158. The van der Waals surface area contributed by atoms with Crippen molar-refractivity contribution in [1.82, 2.24) is 0 Å². The monoisotopic (exact) mass is 386 g/mol. The summed E-state index contributed by atoms with van der Waals surface area (Å²) in [7, 11) is -3.82. The van der Waals surface area contributed by atoms with Gasteiger partial charge in [-0.25, -0.2) is 13.2 Å². The van der Waals surface area contributed by atoms with Crippen LogP contribution in [0.3, 0.4) is 0 Å². The molecule has 8 heteroatoms. The van der Waals surface area contributed by atoms with Gasteiger partial charge in [0.2, 0.25) is 5.91 Å². The summed E-state index contributed by atoms with van der Waals surface area (Å²) in [6.07, 6.45) is 0. The number of amides is 1. The minimum atomic E-state index is -3.82. The van der Waals surface area contributed by atoms with E-state index in [1.54, 1.807) is 38.1 Å². The molecule has 0 bridgehead atoms. The van der Waals surface area contributed by atoms with E-state index in [1.807, 2.05) is 0 Å². The lowest BCUT2D eigenvalue weighted by Gasteiger charge is -2.11. The molecule has 1 amide bonds. The van der Waals surface area contributed by atoms with Crippen molar-refractivity contribution in [3.05, 3.63) is 65.0 Å². The quantitative estimate of drug-likeness (QED) is 0.655. The minimum absolute atomic E-state index is 0.0426. The minimum Gasteiger partial charge on any atom is -0.423 e. The molecule has 0 unspecified atom stereocenters. The van der Waals surface area contributed by atoms with E-state index in [0.717, 1.165) is 0 Å². The van der Waals surface area contributed by atoms with Gasteiger partial charge in [-0.05, 0) is 48.5 Å². The Balaban J connectivity index is 1.81. The second-order valence-corrected chi connectivity index (χ2v) is 7.96. The number of hydrogen-bond donors (Lipinski definition) is 2. The molecule has 0 saturated heterocycles. The third-order valence-electron chi connectivity index (χ3n) is 3.83. The molecule has 3 rings (SSSR count). The van der Waals surface area contributed by atoms with Crippen LogP contribution < -0.4 is 15.7 Å². The highest BCUT2D eigenvalue weighted by atomic mass is 32.2. The highest BCUT2D eigenvalue weighted by Gasteiger charge is 2.15. The number of rotatable bonds is 5. The molecule has 1 heterocycles. The van der Waals surface area contributed by atoms with E-state index in [2.05, 4.69) is 10.0 Å². The van der Waals surface area contributed by atoms with Crippen molar-refractivity contribution in [1.29, 1.82) is 0 Å². The Hall–Kier alpha value is -3.13. The largest absolute Gasteiger partial charge is 0.423 e. The van der Waals surface area contributed by atoms with Crippen LogP contribution in [0.25, 0.3) is 11.0 Å². The average Bonchev–Trinajstić information content (AvgIpc) is 2.62. The number of nitrogens with one attached hydrogen (secondary N) is 2. The van der Waals surface area contributed by atoms with Crippen molar-refractivity contribution in [3.8, 4) is 0 Å². The molecule has 0 saturated carbocycles. The van der Waals surface area contributed by atoms with Gasteiger partial charge in [0, 0.05) is 28.7 Å². The van der Waals surface area contributed by atoms with E-state index >= 15 is 0 Å². The van der Waals surface area contributed by atoms with Crippen LogP contribution >= 0.6 is 0 Å². The highest BCUT2D eigenvalue weighted by Crippen LogP contribution is 2.22. The number of carbonyl (C=O) groups is 1. The molecule has 2 aromatic carbocycles. The smallest absolute Gasteiger partial charge is 0.336 e. The number of sulfonamides is 1. The summed E-state index contributed by atoms with van der Waals surface area (Å²) >= 11 is 0. The first kappa shape index (κ1) is 18.7. The van der Waals surface area contributed by atoms with Gasteiger partial charge in [0.1, 0.15) is 5.58 Å². The van der Waals surface area contributed by atoms with Crippen molar-refractivity contribution in [2.24, 2.45) is 5.92 Å². The van der Waals surface area contributed by atoms with Crippen LogP contribution in [0.2, 0.25) is 0 Å². The predicted octanol–water partition coefficient (Wildman–Crippen LogP) is 3.19. The molecule has 7 nitrogen and oxygen atoms in total. The third kappa shape index (κ3) is 4.35. The first-order chi connectivity index (χ1) is 12.7. The van der Waals surface area contributed by atoms with Gasteiger partial charge in [-0.15, -0.1) is 0 Å². The van der Waals surface area contributed by atoms with Crippen molar-refractivity contribution in [2.45, 2.75) is 18.7 Å². The average molecular weight is 386 g/mol. The number of carbonyl (C=O) groups excluding carboxylic acids is 1. The lowest BCUT2D eigenvalue weighted by molar-refractivity contribution is -0.118. The molecule has 0 aliphatic carbocycles. The molecular formula is C19H18N2O5S. The highest BCUT2D eigenvalue weighted by molar-refractivity contribution is 7.92. The van der Waals surface area contributed by atoms with Crippen molar-refractivity contribution in [2.75, 3.05) is 10.0 Å². The fourth-order valence-electron chi connectivity index (χ4n) is 2.34. The van der Waals surface area contributed by atoms with Crippen LogP contribution in [0.4, 0.5) is 11.4 Å². The normalized spacial score (nSPS) is 11.5. The summed E-state index contributed by atoms with van der Waals surface area (Å²) in [6.45, 7) is 3.57. The predicted molar refractivity (Wildman–Crippen MR) is 103 cm³/mol. The summed E-state index contributed by atoms with van der Waals surface area (Å²) in [6, 6.07) is 13.3. The number of hydrogen-bond acceptors (Lipinski definition) is 5. The fourth-order valence-corrected chi connectivity index (χ4v) is 3.43. The Morgan fingerprint density at radius 1 is 0.963 bits per heavy atom. The first-order valence-corrected chi connectivity index (χ1v) is 9.70. The van der Waals surface area contributed by atoms with Crippen LogP contribution in [0.15, 0.2) is 68.7 Å². The van der Waals surface area contributed by atoms with Crippen molar-refractivity contribution in [3.63, 3.8) is 0 Å². The SMILES string of the molecule is CC(C)C(=O)Nc1ccc(NS(=O)(=O)c2ccc3oc(=O)ccc3c2)cc1. The van der Waals surface area contributed by atoms with Gasteiger partial charge >= 0.3 is 5.63 Å². The molecule has 27 heavy (non-hydrogen) atoms. The van der Waals surface area contributed by atoms with E-state index < -0.39 is 15.6 Å². The van der Waals surface area contributed by atoms with Crippen LogP contribution in [0.1, 0.15) is 13.8 Å². The molecule has 0 fully saturated rings. The van der Waals surface area contributed by atoms with Crippen LogP contribution in [0, 0.1) is 5.92 Å².